The van der Waals surface area contributed by atoms with E-state index in [1.807, 2.05) is 0 Å². The van der Waals surface area contributed by atoms with Gasteiger partial charge in [-0.25, -0.2) is 4.79 Å². The highest BCUT2D eigenvalue weighted by Gasteiger charge is 2.49. The van der Waals surface area contributed by atoms with Crippen molar-refractivity contribution >= 4 is 23.8 Å². The molecule has 0 radical (unpaired) electrons. The number of rotatable bonds is 7. The van der Waals surface area contributed by atoms with Crippen LogP contribution in [0.15, 0.2) is 30.3 Å². The number of amides is 4. The summed E-state index contributed by atoms with van der Waals surface area (Å²) < 4.78 is 5.35. The van der Waals surface area contributed by atoms with Crippen molar-refractivity contribution in [2.24, 2.45) is 0 Å². The quantitative estimate of drug-likeness (QED) is 0.575. The Hall–Kier alpha value is -2.90. The molecule has 1 N–H and O–H groups in total. The molecule has 1 aromatic carbocycles. The van der Waals surface area contributed by atoms with Gasteiger partial charge in [0.1, 0.15) is 12.1 Å². The van der Waals surface area contributed by atoms with Gasteiger partial charge in [0.25, 0.3) is 11.8 Å². The maximum Gasteiger partial charge on any atom is 0.327 e. The van der Waals surface area contributed by atoms with Crippen LogP contribution >= 0.6 is 0 Å². The van der Waals surface area contributed by atoms with E-state index in [2.05, 4.69) is 5.32 Å². The van der Waals surface area contributed by atoms with Crippen molar-refractivity contribution < 1.29 is 23.9 Å². The summed E-state index contributed by atoms with van der Waals surface area (Å²) in [4.78, 5) is 51.8. The number of carbonyl (C=O) groups is 4. The topological polar surface area (TPSA) is 96.0 Å². The van der Waals surface area contributed by atoms with Crippen LogP contribution in [-0.4, -0.2) is 59.8 Å². The van der Waals surface area contributed by atoms with Crippen molar-refractivity contribution in [3.63, 3.8) is 0 Å². The second-order valence-corrected chi connectivity index (χ2v) is 6.62. The Morgan fingerprint density at radius 2 is 1.74 bits per heavy atom. The lowest BCUT2D eigenvalue weighted by molar-refractivity contribution is -0.161. The first-order valence-electron chi connectivity index (χ1n) is 8.85. The van der Waals surface area contributed by atoms with E-state index in [0.717, 1.165) is 4.90 Å². The van der Waals surface area contributed by atoms with Crippen LogP contribution in [0, 0.1) is 0 Å². The number of imide groups is 1. The number of nitrogens with one attached hydrogen (secondary N) is 1. The molecule has 4 amide bonds. The van der Waals surface area contributed by atoms with Crippen molar-refractivity contribution in [3.05, 3.63) is 35.9 Å². The fraction of sp³-hybridized carbons (Fsp3) is 0.474. The second-order valence-electron chi connectivity index (χ2n) is 6.62. The molecular weight excluding hydrogens is 350 g/mol. The summed E-state index contributed by atoms with van der Waals surface area (Å²) in [7, 11) is 3.11. The number of urea groups is 1. The maximum absolute atomic E-state index is 12.6. The van der Waals surface area contributed by atoms with Gasteiger partial charge in [0.05, 0.1) is 0 Å². The Labute approximate surface area is 158 Å². The first kappa shape index (κ1) is 20.4. The lowest BCUT2D eigenvalue weighted by Gasteiger charge is -2.24. The van der Waals surface area contributed by atoms with E-state index >= 15 is 0 Å². The molecule has 1 heterocycles. The number of benzene rings is 1. The molecule has 1 aromatic rings. The van der Waals surface area contributed by atoms with Crippen LogP contribution in [0.4, 0.5) is 4.79 Å². The predicted molar refractivity (Wildman–Crippen MR) is 97.5 cm³/mol. The number of hydrogen-bond donors (Lipinski definition) is 1. The standard InChI is InChI=1S/C19H25N3O5/c1-5-19(6-2)17(25)22(18(26)20-19)12-14(23)27-15(16(24)21(3)4)13-10-8-7-9-11-13/h7-11,15H,5-6,12H2,1-4H3,(H,20,26)/t15-/m0/s1. The van der Waals surface area contributed by atoms with Crippen molar-refractivity contribution in [1.82, 2.24) is 15.1 Å². The van der Waals surface area contributed by atoms with Gasteiger partial charge in [0.15, 0.2) is 0 Å². The molecule has 27 heavy (non-hydrogen) atoms. The average Bonchev–Trinajstić information content (AvgIpc) is 2.90. The van der Waals surface area contributed by atoms with Crippen LogP contribution in [0.5, 0.6) is 0 Å². The summed E-state index contributed by atoms with van der Waals surface area (Å²) in [6.07, 6.45) is -0.298. The summed E-state index contributed by atoms with van der Waals surface area (Å²) in [5, 5.41) is 2.65. The molecule has 2 rings (SSSR count). The van der Waals surface area contributed by atoms with Gasteiger partial charge in [0.2, 0.25) is 6.10 Å². The lowest BCUT2D eigenvalue weighted by Crippen LogP contribution is -2.46. The molecule has 1 saturated heterocycles. The van der Waals surface area contributed by atoms with Gasteiger partial charge < -0.3 is 15.0 Å². The molecule has 8 heteroatoms. The number of likely N-dealkylation sites (N-methyl/N-ethyl adjacent to an activating group) is 1. The van der Waals surface area contributed by atoms with Crippen molar-refractivity contribution in [3.8, 4) is 0 Å². The Morgan fingerprint density at radius 3 is 2.22 bits per heavy atom. The van der Waals surface area contributed by atoms with Gasteiger partial charge in [-0.15, -0.1) is 0 Å². The molecule has 1 aliphatic rings. The van der Waals surface area contributed by atoms with E-state index in [9.17, 15) is 19.2 Å². The van der Waals surface area contributed by atoms with E-state index in [4.69, 9.17) is 4.74 Å². The first-order chi connectivity index (χ1) is 12.8. The fourth-order valence-electron chi connectivity index (χ4n) is 2.97. The van der Waals surface area contributed by atoms with E-state index in [1.54, 1.807) is 58.3 Å². The molecule has 0 spiro atoms. The van der Waals surface area contributed by atoms with Gasteiger partial charge in [-0.1, -0.05) is 44.2 Å². The van der Waals surface area contributed by atoms with Crippen molar-refractivity contribution in [2.75, 3.05) is 20.6 Å². The van der Waals surface area contributed by atoms with Crippen LogP contribution in [0.25, 0.3) is 0 Å². The zero-order valence-electron chi connectivity index (χ0n) is 16.0. The minimum absolute atomic E-state index is 0.414. The highest BCUT2D eigenvalue weighted by Crippen LogP contribution is 2.25. The van der Waals surface area contributed by atoms with Crippen molar-refractivity contribution in [1.29, 1.82) is 0 Å². The van der Waals surface area contributed by atoms with Gasteiger partial charge >= 0.3 is 12.0 Å². The van der Waals surface area contributed by atoms with Gasteiger partial charge in [-0.2, -0.15) is 0 Å². The highest BCUT2D eigenvalue weighted by atomic mass is 16.5. The third kappa shape index (κ3) is 4.10. The number of nitrogens with zero attached hydrogens (tertiary/aromatic N) is 2. The summed E-state index contributed by atoms with van der Waals surface area (Å²) in [6.45, 7) is 3.05. The molecule has 0 unspecified atom stereocenters. The van der Waals surface area contributed by atoms with E-state index in [-0.39, 0.29) is 0 Å². The maximum atomic E-state index is 12.6. The minimum atomic E-state index is -1.14. The van der Waals surface area contributed by atoms with E-state index < -0.39 is 42.0 Å². The van der Waals surface area contributed by atoms with Crippen LogP contribution in [-0.2, 0) is 19.1 Å². The highest BCUT2D eigenvalue weighted by molar-refractivity contribution is 6.08. The Kier molecular flexibility index (Phi) is 6.20. The number of hydrogen-bond acceptors (Lipinski definition) is 5. The molecule has 1 fully saturated rings. The van der Waals surface area contributed by atoms with Gasteiger partial charge in [-0.3, -0.25) is 19.3 Å². The summed E-state index contributed by atoms with van der Waals surface area (Å²) in [6, 6.07) is 7.96. The Bertz CT molecular complexity index is 728. The largest absolute Gasteiger partial charge is 0.446 e. The van der Waals surface area contributed by atoms with E-state index in [0.29, 0.717) is 18.4 Å². The zero-order valence-corrected chi connectivity index (χ0v) is 16.0. The number of ether oxygens (including phenoxy) is 1. The first-order valence-corrected chi connectivity index (χ1v) is 8.85. The molecule has 0 aliphatic carbocycles. The molecular formula is C19H25N3O5. The normalized spacial score (nSPS) is 16.7. The summed E-state index contributed by atoms with van der Waals surface area (Å²) in [5.41, 5.74) is -0.478. The van der Waals surface area contributed by atoms with Crippen LogP contribution in [0.1, 0.15) is 38.4 Å². The average molecular weight is 375 g/mol. The third-order valence-electron chi connectivity index (χ3n) is 4.76. The summed E-state index contributed by atoms with van der Waals surface area (Å²) in [5.74, 6) is -1.70. The number of carbonyl (C=O) groups excluding carboxylic acids is 4. The third-order valence-corrected chi connectivity index (χ3v) is 4.76. The second kappa shape index (κ2) is 8.20. The SMILES string of the molecule is CCC1(CC)NC(=O)N(CC(=O)O[C@H](C(=O)N(C)C)c2ccccc2)C1=O. The lowest BCUT2D eigenvalue weighted by atomic mass is 9.93. The molecule has 1 aliphatic heterocycles. The zero-order chi connectivity index (χ0) is 20.2. The molecule has 0 saturated carbocycles. The smallest absolute Gasteiger partial charge is 0.327 e. The van der Waals surface area contributed by atoms with Gasteiger partial charge in [0, 0.05) is 19.7 Å². The number of esters is 1. The molecule has 0 aromatic heterocycles. The van der Waals surface area contributed by atoms with Gasteiger partial charge in [-0.05, 0) is 12.8 Å². The van der Waals surface area contributed by atoms with Crippen LogP contribution in [0.3, 0.4) is 0 Å². The molecule has 146 valence electrons. The minimum Gasteiger partial charge on any atom is -0.446 e. The van der Waals surface area contributed by atoms with Crippen molar-refractivity contribution in [2.45, 2.75) is 38.3 Å². The monoisotopic (exact) mass is 375 g/mol. The predicted octanol–water partition coefficient (Wildman–Crippen LogP) is 1.47. The van der Waals surface area contributed by atoms with Crippen LogP contribution < -0.4 is 5.32 Å². The summed E-state index contributed by atoms with van der Waals surface area (Å²) >= 11 is 0. The molecule has 1 atom stereocenters. The fourth-order valence-corrected chi connectivity index (χ4v) is 2.97. The van der Waals surface area contributed by atoms with Crippen LogP contribution in [0.2, 0.25) is 0 Å². The van der Waals surface area contributed by atoms with E-state index in [1.165, 1.54) is 4.90 Å². The molecule has 0 bridgehead atoms. The Balaban J connectivity index is 2.16. The molecule has 8 nitrogen and oxygen atoms in total. The Morgan fingerprint density at radius 1 is 1.15 bits per heavy atom.